The highest BCUT2D eigenvalue weighted by molar-refractivity contribution is 7.14. The van der Waals surface area contributed by atoms with Crippen LogP contribution in [0.15, 0.2) is 11.4 Å². The van der Waals surface area contributed by atoms with Gasteiger partial charge in [0.15, 0.2) is 0 Å². The molecule has 0 radical (unpaired) electrons. The summed E-state index contributed by atoms with van der Waals surface area (Å²) in [4.78, 5) is 22.4. The average Bonchev–Trinajstić information content (AvgIpc) is 2.61. The Bertz CT molecular complexity index is 500. The molecular weight excluding hydrogens is 252 g/mol. The minimum Gasteiger partial charge on any atom is -0.481 e. The van der Waals surface area contributed by atoms with E-state index < -0.39 is 11.4 Å². The van der Waals surface area contributed by atoms with Crippen LogP contribution in [0.3, 0.4) is 0 Å². The predicted molar refractivity (Wildman–Crippen MR) is 68.3 cm³/mol. The average molecular weight is 266 g/mol. The first-order valence-electron chi connectivity index (χ1n) is 5.33. The molecule has 0 aliphatic rings. The summed E-state index contributed by atoms with van der Waals surface area (Å²) in [5, 5.41) is 22.4. The number of carbonyl (C=O) groups is 2. The van der Waals surface area contributed by atoms with Gasteiger partial charge in [-0.1, -0.05) is 13.8 Å². The molecule has 0 aromatic carbocycles. The number of amides is 1. The summed E-state index contributed by atoms with van der Waals surface area (Å²) in [7, 11) is 0. The molecule has 0 unspecified atom stereocenters. The van der Waals surface area contributed by atoms with Crippen molar-refractivity contribution < 1.29 is 14.7 Å². The number of rotatable bonds is 5. The van der Waals surface area contributed by atoms with E-state index in [4.69, 9.17) is 10.4 Å². The van der Waals surface area contributed by atoms with Crippen molar-refractivity contribution in [3.05, 3.63) is 17.0 Å². The van der Waals surface area contributed by atoms with Gasteiger partial charge < -0.3 is 10.4 Å². The van der Waals surface area contributed by atoms with Crippen molar-refractivity contribution in [1.82, 2.24) is 0 Å². The van der Waals surface area contributed by atoms with E-state index in [2.05, 4.69) is 5.32 Å². The first kappa shape index (κ1) is 14.2. The number of aliphatic carboxylic acids is 1. The first-order chi connectivity index (χ1) is 8.34. The number of carboxylic acid groups (broad SMARTS) is 1. The second-order valence-electron chi connectivity index (χ2n) is 4.73. The Morgan fingerprint density at radius 1 is 1.50 bits per heavy atom. The number of hydrogen-bond acceptors (Lipinski definition) is 4. The lowest BCUT2D eigenvalue weighted by Gasteiger charge is -2.21. The quantitative estimate of drug-likeness (QED) is 0.856. The number of hydrogen-bond donors (Lipinski definition) is 2. The van der Waals surface area contributed by atoms with Gasteiger partial charge in [0.1, 0.15) is 11.1 Å². The van der Waals surface area contributed by atoms with Gasteiger partial charge >= 0.3 is 5.97 Å². The molecule has 1 heterocycles. The molecule has 1 aromatic heterocycles. The topological polar surface area (TPSA) is 90.2 Å². The molecule has 0 saturated heterocycles. The Balaban J connectivity index is 2.62. The second kappa shape index (κ2) is 5.65. The van der Waals surface area contributed by atoms with Crippen LogP contribution >= 0.6 is 11.3 Å². The van der Waals surface area contributed by atoms with Crippen molar-refractivity contribution in [2.24, 2.45) is 5.41 Å². The summed E-state index contributed by atoms with van der Waals surface area (Å²) < 4.78 is 0. The fourth-order valence-electron chi connectivity index (χ4n) is 1.57. The highest BCUT2D eigenvalue weighted by atomic mass is 32.1. The summed E-state index contributed by atoms with van der Waals surface area (Å²) in [6.07, 6.45) is 0.0258. The van der Waals surface area contributed by atoms with Gasteiger partial charge in [0.2, 0.25) is 5.91 Å². The Morgan fingerprint density at radius 3 is 2.72 bits per heavy atom. The maximum Gasteiger partial charge on any atom is 0.303 e. The van der Waals surface area contributed by atoms with Gasteiger partial charge in [-0.05, 0) is 16.9 Å². The zero-order valence-electron chi connectivity index (χ0n) is 10.2. The smallest absolute Gasteiger partial charge is 0.303 e. The van der Waals surface area contributed by atoms with E-state index in [1.807, 2.05) is 6.07 Å². The number of nitriles is 1. The van der Waals surface area contributed by atoms with Gasteiger partial charge in [-0.25, -0.2) is 0 Å². The van der Waals surface area contributed by atoms with E-state index in [0.717, 1.165) is 0 Å². The summed E-state index contributed by atoms with van der Waals surface area (Å²) >= 11 is 1.27. The molecule has 1 amide bonds. The molecule has 96 valence electrons. The van der Waals surface area contributed by atoms with E-state index in [1.54, 1.807) is 25.3 Å². The van der Waals surface area contributed by atoms with Crippen LogP contribution in [0, 0.1) is 16.7 Å². The van der Waals surface area contributed by atoms with Gasteiger partial charge in [-0.2, -0.15) is 5.26 Å². The zero-order chi connectivity index (χ0) is 13.8. The van der Waals surface area contributed by atoms with Crippen LogP contribution in [-0.2, 0) is 9.59 Å². The van der Waals surface area contributed by atoms with Crippen molar-refractivity contribution in [1.29, 1.82) is 5.26 Å². The van der Waals surface area contributed by atoms with Crippen LogP contribution in [0.5, 0.6) is 0 Å². The van der Waals surface area contributed by atoms with Crippen molar-refractivity contribution >= 4 is 28.2 Å². The molecule has 1 aromatic rings. The lowest BCUT2D eigenvalue weighted by Crippen LogP contribution is -2.24. The zero-order valence-corrected chi connectivity index (χ0v) is 11.0. The summed E-state index contributed by atoms with van der Waals surface area (Å²) in [5.74, 6) is -1.21. The summed E-state index contributed by atoms with van der Waals surface area (Å²) in [6, 6.07) is 3.61. The predicted octanol–water partition coefficient (Wildman–Crippen LogP) is 2.45. The maximum atomic E-state index is 11.8. The third-order valence-corrected chi connectivity index (χ3v) is 3.14. The van der Waals surface area contributed by atoms with Crippen LogP contribution in [0.25, 0.3) is 0 Å². The number of anilines is 1. The van der Waals surface area contributed by atoms with Crippen molar-refractivity contribution in [2.45, 2.75) is 26.7 Å². The molecule has 6 heteroatoms. The molecule has 0 aliphatic heterocycles. The minimum atomic E-state index is -0.929. The van der Waals surface area contributed by atoms with Crippen LogP contribution in [0.2, 0.25) is 0 Å². The highest BCUT2D eigenvalue weighted by Gasteiger charge is 2.25. The number of carbonyl (C=O) groups excluding carboxylic acids is 1. The Hall–Kier alpha value is -1.87. The maximum absolute atomic E-state index is 11.8. The van der Waals surface area contributed by atoms with Crippen molar-refractivity contribution in [3.63, 3.8) is 0 Å². The lowest BCUT2D eigenvalue weighted by atomic mass is 9.85. The Morgan fingerprint density at radius 2 is 2.17 bits per heavy atom. The molecule has 0 spiro atoms. The number of nitrogens with zero attached hydrogens (tertiary/aromatic N) is 1. The van der Waals surface area contributed by atoms with Crippen molar-refractivity contribution in [3.8, 4) is 6.07 Å². The van der Waals surface area contributed by atoms with Crippen LogP contribution in [0.4, 0.5) is 5.00 Å². The monoisotopic (exact) mass is 266 g/mol. The van der Waals surface area contributed by atoms with Crippen molar-refractivity contribution in [2.75, 3.05) is 5.32 Å². The lowest BCUT2D eigenvalue weighted by molar-refractivity contribution is -0.139. The third kappa shape index (κ3) is 4.18. The number of nitrogens with one attached hydrogen (secondary N) is 1. The van der Waals surface area contributed by atoms with Gasteiger partial charge in [0.05, 0.1) is 12.0 Å². The molecule has 0 saturated carbocycles. The largest absolute Gasteiger partial charge is 0.481 e. The molecule has 0 atom stereocenters. The van der Waals surface area contributed by atoms with E-state index in [0.29, 0.717) is 10.6 Å². The molecular formula is C12H14N2O3S. The molecule has 18 heavy (non-hydrogen) atoms. The summed E-state index contributed by atoms with van der Waals surface area (Å²) in [5.41, 5.74) is -0.190. The molecule has 0 bridgehead atoms. The van der Waals surface area contributed by atoms with Gasteiger partial charge in [0.25, 0.3) is 0 Å². The number of thiophene rings is 1. The van der Waals surface area contributed by atoms with Gasteiger partial charge in [-0.15, -0.1) is 11.3 Å². The molecule has 0 aliphatic carbocycles. The summed E-state index contributed by atoms with van der Waals surface area (Å²) in [6.45, 7) is 3.45. The SMILES string of the molecule is CC(C)(CC(=O)O)CC(=O)Nc1sccc1C#N. The molecule has 0 fully saturated rings. The van der Waals surface area contributed by atoms with Gasteiger partial charge in [-0.3, -0.25) is 9.59 Å². The van der Waals surface area contributed by atoms with Gasteiger partial charge in [0, 0.05) is 6.42 Å². The van der Waals surface area contributed by atoms with Crippen LogP contribution in [-0.4, -0.2) is 17.0 Å². The minimum absolute atomic E-state index is 0.0734. The highest BCUT2D eigenvalue weighted by Crippen LogP contribution is 2.27. The van der Waals surface area contributed by atoms with Crippen LogP contribution in [0.1, 0.15) is 32.3 Å². The van der Waals surface area contributed by atoms with E-state index >= 15 is 0 Å². The van der Waals surface area contributed by atoms with Crippen LogP contribution < -0.4 is 5.32 Å². The first-order valence-corrected chi connectivity index (χ1v) is 6.21. The Kier molecular flexibility index (Phi) is 4.45. The Labute approximate surface area is 109 Å². The number of carboxylic acids is 1. The molecule has 5 nitrogen and oxygen atoms in total. The fourth-order valence-corrected chi connectivity index (χ4v) is 2.33. The molecule has 1 rings (SSSR count). The van der Waals surface area contributed by atoms with E-state index in [-0.39, 0.29) is 18.7 Å². The van der Waals surface area contributed by atoms with E-state index in [1.165, 1.54) is 11.3 Å². The standard InChI is InChI=1S/C12H14N2O3S/c1-12(2,6-10(16)17)5-9(15)14-11-8(7-13)3-4-18-11/h3-4H,5-6H2,1-2H3,(H,14,15)(H,16,17). The third-order valence-electron chi connectivity index (χ3n) is 2.31. The van der Waals surface area contributed by atoms with E-state index in [9.17, 15) is 9.59 Å². The second-order valence-corrected chi connectivity index (χ2v) is 5.65. The normalized spacial score (nSPS) is 10.7. The molecule has 2 N–H and O–H groups in total. The fraction of sp³-hybridized carbons (Fsp3) is 0.417.